The van der Waals surface area contributed by atoms with Crippen molar-refractivity contribution in [2.75, 3.05) is 78.4 Å². The van der Waals surface area contributed by atoms with Gasteiger partial charge in [-0.3, -0.25) is 76.7 Å². The minimum atomic E-state index is -1.90. The number of thioether (sulfide) groups is 2. The van der Waals surface area contributed by atoms with Gasteiger partial charge in [-0.2, -0.15) is 11.8 Å². The van der Waals surface area contributed by atoms with Gasteiger partial charge in [-0.1, -0.05) is 151 Å². The number of nitrogens with zero attached hydrogens (tertiary/aromatic N) is 5. The monoisotopic (exact) mass is 1780 g/mol. The Labute approximate surface area is 741 Å². The third-order valence-corrected chi connectivity index (χ3v) is 23.1. The summed E-state index contributed by atoms with van der Waals surface area (Å²) in [6.07, 6.45) is 2.13. The van der Waals surface area contributed by atoms with Crippen molar-refractivity contribution in [3.63, 3.8) is 0 Å². The van der Waals surface area contributed by atoms with Gasteiger partial charge in [-0.25, -0.2) is 0 Å². The van der Waals surface area contributed by atoms with E-state index < -0.39 is 199 Å². The lowest BCUT2D eigenvalue weighted by atomic mass is 9.98. The Kier molecular flexibility index (Phi) is 39.3. The number of carbonyl (C=O) groups excluding carboxylic acids is 15. The number of aromatic nitrogens is 1. The van der Waals surface area contributed by atoms with Gasteiger partial charge < -0.3 is 98.4 Å². The van der Waals surface area contributed by atoms with Crippen molar-refractivity contribution in [3.05, 3.63) is 167 Å². The maximum absolute atomic E-state index is 15.4. The van der Waals surface area contributed by atoms with E-state index in [1.54, 1.807) is 125 Å². The highest BCUT2D eigenvalue weighted by atomic mass is 32.2. The number of aliphatic carboxylic acids is 1. The summed E-state index contributed by atoms with van der Waals surface area (Å²) in [5, 5.41) is 55.5. The molecule has 35 nitrogen and oxygen atoms in total. The fourth-order valence-corrected chi connectivity index (χ4v) is 15.7. The van der Waals surface area contributed by atoms with Gasteiger partial charge >= 0.3 is 5.97 Å². The molecule has 126 heavy (non-hydrogen) atoms. The Morgan fingerprint density at radius 2 is 0.984 bits per heavy atom. The van der Waals surface area contributed by atoms with E-state index in [0.717, 1.165) is 26.5 Å². The Morgan fingerprint density at radius 1 is 0.500 bits per heavy atom. The maximum atomic E-state index is 15.4. The number of hydrogen-bond acceptors (Lipinski definition) is 20. The number of amides is 15. The van der Waals surface area contributed by atoms with E-state index in [4.69, 9.17) is 5.73 Å². The predicted molar refractivity (Wildman–Crippen MR) is 475 cm³/mol. The lowest BCUT2D eigenvalue weighted by Gasteiger charge is -2.37. The van der Waals surface area contributed by atoms with Crippen LogP contribution in [0.2, 0.25) is 0 Å². The van der Waals surface area contributed by atoms with Crippen LogP contribution < -0.4 is 53.6 Å². The van der Waals surface area contributed by atoms with Crippen LogP contribution in [-0.4, -0.2) is 284 Å². The van der Waals surface area contributed by atoms with Crippen LogP contribution in [0.15, 0.2) is 140 Å². The minimum absolute atomic E-state index is 0.0388. The van der Waals surface area contributed by atoms with E-state index in [1.807, 2.05) is 6.92 Å². The zero-order valence-electron chi connectivity index (χ0n) is 72.8. The van der Waals surface area contributed by atoms with Gasteiger partial charge in [0.2, 0.25) is 88.6 Å². The molecule has 6 aromatic rings. The number of aromatic hydroxyl groups is 2. The zero-order chi connectivity index (χ0) is 92.6. The molecular weight excluding hydrogens is 1660 g/mol. The molecule has 1 aliphatic rings. The molecule has 37 heteroatoms. The average Bonchev–Trinajstić information content (AvgIpc) is 1.22. The number of phenols is 2. The first-order chi connectivity index (χ1) is 59.9. The quantitative estimate of drug-likeness (QED) is 0.0411. The minimum Gasteiger partial charge on any atom is -0.508 e. The van der Waals surface area contributed by atoms with Crippen molar-refractivity contribution in [1.82, 2.24) is 77.3 Å². The highest BCUT2D eigenvalue weighted by Gasteiger charge is 2.42. The number of benzene rings is 5. The fourth-order valence-electron chi connectivity index (χ4n) is 14.4. The Balaban J connectivity index is 1.33. The number of H-pyrrole nitrogens is 1. The molecule has 1 saturated heterocycles. The number of para-hydroxylation sites is 1. The molecule has 15 amide bonds. The van der Waals surface area contributed by atoms with Crippen molar-refractivity contribution in [2.24, 2.45) is 17.6 Å². The van der Waals surface area contributed by atoms with Crippen LogP contribution in [0.1, 0.15) is 101 Å². The van der Waals surface area contributed by atoms with E-state index in [0.29, 0.717) is 57.3 Å². The topological polar surface area (TPSA) is 500 Å². The molecule has 1 aromatic heterocycles. The number of nitrogens with two attached hydrogens (primary N) is 1. The molecule has 0 bridgehead atoms. The van der Waals surface area contributed by atoms with E-state index >= 15 is 33.6 Å². The number of fused-ring (bicyclic) bond motifs is 1. The van der Waals surface area contributed by atoms with Crippen molar-refractivity contribution >= 4 is 129 Å². The molecule has 15 N–H and O–H groups in total. The van der Waals surface area contributed by atoms with Crippen LogP contribution in [0.4, 0.5) is 0 Å². The number of carboxylic acids is 1. The molecule has 0 aliphatic carbocycles. The van der Waals surface area contributed by atoms with Crippen molar-refractivity contribution in [1.29, 1.82) is 0 Å². The Hall–Kier alpha value is -12.5. The summed E-state index contributed by atoms with van der Waals surface area (Å²) in [6.45, 7) is 6.20. The van der Waals surface area contributed by atoms with Crippen molar-refractivity contribution in [3.8, 4) is 11.5 Å². The fraction of sp³-hybridized carbons (Fsp3) is 0.461. The molecule has 0 radical (unpaired) electrons. The summed E-state index contributed by atoms with van der Waals surface area (Å²) in [5.74, 6) is -16.9. The maximum Gasteiger partial charge on any atom is 0.305 e. The number of unbranched alkanes of at least 4 members (excludes halogenated alkanes) is 1. The van der Waals surface area contributed by atoms with Gasteiger partial charge in [0.1, 0.15) is 78.0 Å². The molecule has 0 spiro atoms. The lowest BCUT2D eigenvalue weighted by molar-refractivity contribution is -0.151. The molecule has 2 heterocycles. The SMILES string of the molecule is CCCC[C@H]1C(=O)N(C)CC(=O)N[C@@H](CC(=O)O)C(=O)N[C@@H](C(C)C)C(=O)N(C)[C@@H](Cc2ccccc2)C(=O)N[C@@H](Cc2ccc(O)cc2)C(=O)N(C)CC(=O)N[C@@H](Cc2c[nH]c3ccccc23)C(=O)N[C@@H](Cc2ccc(O)cc2)C(=O)N[C@@H](CC(C)C)C(=O)N[C@H](C(=O)NCC(N)=O)CSCC(=O)N[C@@H](CCSC)C(=O)N(C)[C@@H](Cc2ccccc2)C(=O)N1C. The summed E-state index contributed by atoms with van der Waals surface area (Å²) in [6, 6.07) is 18.9. The lowest BCUT2D eigenvalue weighted by Crippen LogP contribution is -2.61. The van der Waals surface area contributed by atoms with Crippen LogP contribution in [-0.2, 0) is 109 Å². The summed E-state index contributed by atoms with van der Waals surface area (Å²) in [7, 11) is 6.55. The molecule has 0 unspecified atom stereocenters. The number of carbonyl (C=O) groups is 16. The highest BCUT2D eigenvalue weighted by molar-refractivity contribution is 8.00. The van der Waals surface area contributed by atoms with Crippen LogP contribution >= 0.6 is 23.5 Å². The summed E-state index contributed by atoms with van der Waals surface area (Å²) in [4.78, 5) is 242. The Bertz CT molecular complexity index is 4770. The second kappa shape index (κ2) is 49.2. The molecule has 0 saturated carbocycles. The number of aromatic amines is 1. The van der Waals surface area contributed by atoms with E-state index in [-0.39, 0.29) is 74.5 Å². The van der Waals surface area contributed by atoms with Gasteiger partial charge in [-0.15, -0.1) is 11.8 Å². The van der Waals surface area contributed by atoms with E-state index in [1.165, 1.54) is 105 Å². The third-order valence-electron chi connectivity index (χ3n) is 21.4. The number of likely N-dealkylation sites (N-methyl/N-ethyl adjacent to an activating group) is 5. The molecule has 7 rings (SSSR count). The van der Waals surface area contributed by atoms with Crippen LogP contribution in [0.5, 0.6) is 11.5 Å². The normalized spacial score (nSPS) is 22.2. The summed E-state index contributed by atoms with van der Waals surface area (Å²) in [5.41, 5.74) is 8.54. The van der Waals surface area contributed by atoms with Gasteiger partial charge in [0, 0.05) is 90.2 Å². The first kappa shape index (κ1) is 101. The number of rotatable bonds is 24. The largest absolute Gasteiger partial charge is 0.508 e. The number of carboxylic acid groups (broad SMARTS) is 1. The second-order valence-electron chi connectivity index (χ2n) is 32.2. The Morgan fingerprint density at radius 3 is 1.54 bits per heavy atom. The number of nitrogens with one attached hydrogen (secondary N) is 10. The first-order valence-corrected chi connectivity index (χ1v) is 44.1. The first-order valence-electron chi connectivity index (χ1n) is 41.6. The number of phenolic OH excluding ortho intramolecular Hbond substituents is 2. The average molecular weight is 1780 g/mol. The number of hydrogen-bond donors (Lipinski definition) is 14. The van der Waals surface area contributed by atoms with Crippen molar-refractivity contribution < 1.29 is 92.0 Å². The van der Waals surface area contributed by atoms with Gasteiger partial charge in [0.25, 0.3) is 0 Å². The molecule has 11 atom stereocenters. The zero-order valence-corrected chi connectivity index (χ0v) is 74.4. The van der Waals surface area contributed by atoms with E-state index in [9.17, 15) is 58.5 Å². The third kappa shape index (κ3) is 30.7. The molecule has 1 fully saturated rings. The second-order valence-corrected chi connectivity index (χ2v) is 34.2. The molecule has 1 aliphatic heterocycles. The standard InChI is InChI=1S/C89H118N16O19S2/c1-12-13-28-70-87(122)102(7)49-75(110)95-67(45-77(112)113)83(118)100-78(53(4)5)89(124)104(9)71(42-54-22-16-14-17-23-54)84(119)98-68(41-57-31-35-60(107)36-32-57)85(120)101(6)48-74(109)94-66(44-58-46-91-62-27-21-20-26-61(58)62)82(117)97-65(40-56-29-33-59(106)34-30-56)81(116)96-64(39-52(2)3)80(115)99-69(79(114)92-47-73(90)108)50-126-51-76(111)93-63(37-38-125-11)86(121)105(10)72(88(123)103(70)8)43-55-24-18-15-19-25-55/h14-27,29-36,46,52-53,63-72,78,91,106-107H,12-13,28,37-45,47-51H2,1-11H3,(H2,90,108)(H,92,114)(H,93,111)(H,94,109)(H,95,110)(H,96,116)(H,97,117)(H,98,119)(H,99,115)(H,100,118)(H,112,113)/t63-,64-,65-,66-,67-,68-,69-,70-,71-,72-,78-/m0/s1. The summed E-state index contributed by atoms with van der Waals surface area (Å²) < 4.78 is 0. The van der Waals surface area contributed by atoms with Gasteiger partial charge in [0.15, 0.2) is 0 Å². The van der Waals surface area contributed by atoms with Crippen LogP contribution in [0.25, 0.3) is 10.9 Å². The number of primary amides is 1. The molecular formula is C89H118N16O19S2. The smallest absolute Gasteiger partial charge is 0.305 e. The van der Waals surface area contributed by atoms with Crippen LogP contribution in [0, 0.1) is 11.8 Å². The van der Waals surface area contributed by atoms with Crippen LogP contribution in [0.3, 0.4) is 0 Å². The summed E-state index contributed by atoms with van der Waals surface area (Å²) >= 11 is 2.20. The highest BCUT2D eigenvalue weighted by Crippen LogP contribution is 2.24. The predicted octanol–water partition coefficient (Wildman–Crippen LogP) is 1.84. The van der Waals surface area contributed by atoms with Crippen molar-refractivity contribution in [2.45, 2.75) is 172 Å². The molecule has 5 aromatic carbocycles. The van der Waals surface area contributed by atoms with E-state index in [2.05, 4.69) is 52.8 Å². The van der Waals surface area contributed by atoms with Gasteiger partial charge in [0.05, 0.1) is 31.8 Å². The van der Waals surface area contributed by atoms with Gasteiger partial charge in [-0.05, 0) is 101 Å². The molecule has 680 valence electrons.